The zero-order valence-corrected chi connectivity index (χ0v) is 14.4. The highest BCUT2D eigenvalue weighted by Crippen LogP contribution is 2.38. The van der Waals surface area contributed by atoms with E-state index in [2.05, 4.69) is 10.0 Å². The van der Waals surface area contributed by atoms with Crippen molar-refractivity contribution in [2.24, 2.45) is 5.92 Å². The van der Waals surface area contributed by atoms with E-state index in [4.69, 9.17) is 0 Å². The fraction of sp³-hybridized carbons (Fsp3) is 0.278. The highest BCUT2D eigenvalue weighted by atomic mass is 32.2. The molecule has 0 aromatic heterocycles. The Labute approximate surface area is 142 Å². The van der Waals surface area contributed by atoms with E-state index in [0.29, 0.717) is 5.69 Å². The molecule has 1 aliphatic rings. The van der Waals surface area contributed by atoms with Crippen LogP contribution < -0.4 is 10.0 Å². The summed E-state index contributed by atoms with van der Waals surface area (Å²) >= 11 is 0. The fourth-order valence-electron chi connectivity index (χ4n) is 3.02. The summed E-state index contributed by atoms with van der Waals surface area (Å²) in [5.41, 5.74) is 2.80. The predicted octanol–water partition coefficient (Wildman–Crippen LogP) is 3.32. The maximum absolute atomic E-state index is 12.4. The van der Waals surface area contributed by atoms with Gasteiger partial charge in [0.25, 0.3) is 0 Å². The van der Waals surface area contributed by atoms with E-state index in [-0.39, 0.29) is 23.5 Å². The average Bonchev–Trinajstić information content (AvgIpc) is 2.82. The third kappa shape index (κ3) is 3.43. The summed E-state index contributed by atoms with van der Waals surface area (Å²) in [7, 11) is -3.51. The first-order valence-electron chi connectivity index (χ1n) is 7.85. The minimum Gasteiger partial charge on any atom is -0.325 e. The van der Waals surface area contributed by atoms with Crippen LogP contribution in [0.15, 0.2) is 48.5 Å². The number of rotatable bonds is 5. The van der Waals surface area contributed by atoms with Crippen LogP contribution in [0.25, 0.3) is 0 Å². The Bertz CT molecular complexity index is 861. The Morgan fingerprint density at radius 1 is 1.12 bits per heavy atom. The van der Waals surface area contributed by atoms with Crippen molar-refractivity contribution in [1.29, 1.82) is 0 Å². The third-order valence-electron chi connectivity index (χ3n) is 4.07. The molecule has 2 N–H and O–H groups in total. The molecule has 1 aliphatic heterocycles. The Morgan fingerprint density at radius 2 is 1.83 bits per heavy atom. The van der Waals surface area contributed by atoms with Crippen molar-refractivity contribution in [2.45, 2.75) is 25.5 Å². The van der Waals surface area contributed by atoms with Crippen molar-refractivity contribution in [3.8, 4) is 0 Å². The smallest absolute Gasteiger partial charge is 0.236 e. The minimum atomic E-state index is -3.51. The standard InChI is InChI=1S/C18H20N2O3S/c1-12(2)17-15-10-14(8-9-16(15)19-18(17)21)20-24(22,23)11-13-6-4-3-5-7-13/h3-10,12,17,20H,11H2,1-2H3,(H,19,21). The monoisotopic (exact) mass is 344 g/mol. The van der Waals surface area contributed by atoms with Crippen LogP contribution in [0.5, 0.6) is 0 Å². The molecule has 126 valence electrons. The van der Waals surface area contributed by atoms with Crippen LogP contribution in [0.1, 0.15) is 30.9 Å². The normalized spacial score (nSPS) is 16.8. The summed E-state index contributed by atoms with van der Waals surface area (Å²) in [6.45, 7) is 3.96. The summed E-state index contributed by atoms with van der Waals surface area (Å²) < 4.78 is 27.3. The number of benzene rings is 2. The number of fused-ring (bicyclic) bond motifs is 1. The number of carbonyl (C=O) groups is 1. The maximum Gasteiger partial charge on any atom is 0.236 e. The first-order chi connectivity index (χ1) is 11.4. The van der Waals surface area contributed by atoms with Gasteiger partial charge in [0.05, 0.1) is 11.7 Å². The van der Waals surface area contributed by atoms with Crippen molar-refractivity contribution in [2.75, 3.05) is 10.0 Å². The lowest BCUT2D eigenvalue weighted by Gasteiger charge is -2.14. The molecule has 1 unspecified atom stereocenters. The van der Waals surface area contributed by atoms with Gasteiger partial charge in [-0.1, -0.05) is 44.2 Å². The molecule has 0 aliphatic carbocycles. The van der Waals surface area contributed by atoms with Gasteiger partial charge in [-0.2, -0.15) is 0 Å². The second-order valence-corrected chi connectivity index (χ2v) is 8.08. The van der Waals surface area contributed by atoms with Crippen LogP contribution >= 0.6 is 0 Å². The zero-order valence-electron chi connectivity index (χ0n) is 13.6. The molecule has 0 bridgehead atoms. The molecule has 2 aromatic carbocycles. The second-order valence-electron chi connectivity index (χ2n) is 6.36. The van der Waals surface area contributed by atoms with E-state index < -0.39 is 10.0 Å². The summed E-state index contributed by atoms with van der Waals surface area (Å²) in [6.07, 6.45) is 0. The first kappa shape index (κ1) is 16.5. The van der Waals surface area contributed by atoms with E-state index >= 15 is 0 Å². The lowest BCUT2D eigenvalue weighted by atomic mass is 9.89. The molecule has 2 aromatic rings. The van der Waals surface area contributed by atoms with E-state index in [1.54, 1.807) is 30.3 Å². The van der Waals surface area contributed by atoms with E-state index in [1.807, 2.05) is 32.0 Å². The van der Waals surface area contributed by atoms with Crippen LogP contribution in [0.2, 0.25) is 0 Å². The summed E-state index contributed by atoms with van der Waals surface area (Å²) in [4.78, 5) is 12.1. The number of amides is 1. The van der Waals surface area contributed by atoms with Crippen LogP contribution in [0.3, 0.4) is 0 Å². The van der Waals surface area contributed by atoms with Crippen molar-refractivity contribution < 1.29 is 13.2 Å². The van der Waals surface area contributed by atoms with E-state index in [1.165, 1.54) is 0 Å². The van der Waals surface area contributed by atoms with Gasteiger partial charge in [0.2, 0.25) is 15.9 Å². The van der Waals surface area contributed by atoms with Gasteiger partial charge < -0.3 is 5.32 Å². The molecule has 0 saturated carbocycles. The molecular formula is C18H20N2O3S. The van der Waals surface area contributed by atoms with Crippen LogP contribution in [-0.2, 0) is 20.6 Å². The SMILES string of the molecule is CC(C)C1C(=O)Nc2ccc(NS(=O)(=O)Cc3ccccc3)cc21. The highest BCUT2D eigenvalue weighted by Gasteiger charge is 2.33. The quantitative estimate of drug-likeness (QED) is 0.874. The molecule has 1 atom stereocenters. The fourth-order valence-corrected chi connectivity index (χ4v) is 4.21. The summed E-state index contributed by atoms with van der Waals surface area (Å²) in [5, 5.41) is 2.84. The number of anilines is 2. The van der Waals surface area contributed by atoms with Gasteiger partial charge in [0, 0.05) is 11.4 Å². The minimum absolute atomic E-state index is 0.0377. The van der Waals surface area contributed by atoms with Crippen molar-refractivity contribution >= 4 is 27.3 Å². The van der Waals surface area contributed by atoms with E-state index in [0.717, 1.165) is 16.8 Å². The third-order valence-corrected chi connectivity index (χ3v) is 5.33. The van der Waals surface area contributed by atoms with Crippen molar-refractivity contribution in [1.82, 2.24) is 0 Å². The largest absolute Gasteiger partial charge is 0.325 e. The molecule has 3 rings (SSSR count). The lowest BCUT2D eigenvalue weighted by Crippen LogP contribution is -2.17. The molecule has 5 nitrogen and oxygen atoms in total. The van der Waals surface area contributed by atoms with Crippen LogP contribution in [0, 0.1) is 5.92 Å². The van der Waals surface area contributed by atoms with E-state index in [9.17, 15) is 13.2 Å². The topological polar surface area (TPSA) is 75.3 Å². The number of sulfonamides is 1. The molecule has 0 saturated heterocycles. The lowest BCUT2D eigenvalue weighted by molar-refractivity contribution is -0.117. The van der Waals surface area contributed by atoms with Gasteiger partial charge in [-0.15, -0.1) is 0 Å². The van der Waals surface area contributed by atoms with Gasteiger partial charge in [0.1, 0.15) is 0 Å². The Balaban J connectivity index is 1.83. The second kappa shape index (κ2) is 6.28. The molecule has 1 amide bonds. The van der Waals surface area contributed by atoms with Gasteiger partial charge in [-0.25, -0.2) is 8.42 Å². The first-order valence-corrected chi connectivity index (χ1v) is 9.50. The van der Waals surface area contributed by atoms with Gasteiger partial charge in [-0.05, 0) is 35.2 Å². The van der Waals surface area contributed by atoms with Crippen molar-refractivity contribution in [3.05, 3.63) is 59.7 Å². The highest BCUT2D eigenvalue weighted by molar-refractivity contribution is 7.91. The molecule has 24 heavy (non-hydrogen) atoms. The van der Waals surface area contributed by atoms with Crippen molar-refractivity contribution in [3.63, 3.8) is 0 Å². The van der Waals surface area contributed by atoms with Gasteiger partial charge in [-0.3, -0.25) is 9.52 Å². The Hall–Kier alpha value is -2.34. The van der Waals surface area contributed by atoms with Gasteiger partial charge in [0.15, 0.2) is 0 Å². The average molecular weight is 344 g/mol. The number of hydrogen-bond donors (Lipinski definition) is 2. The molecule has 1 heterocycles. The van der Waals surface area contributed by atoms with Crippen LogP contribution in [-0.4, -0.2) is 14.3 Å². The Kier molecular flexibility index (Phi) is 4.32. The molecule has 0 spiro atoms. The number of hydrogen-bond acceptors (Lipinski definition) is 3. The Morgan fingerprint density at radius 3 is 2.50 bits per heavy atom. The molecule has 6 heteroatoms. The number of carbonyl (C=O) groups excluding carboxylic acids is 1. The molecule has 0 fully saturated rings. The molecule has 0 radical (unpaired) electrons. The van der Waals surface area contributed by atoms with Gasteiger partial charge >= 0.3 is 0 Å². The maximum atomic E-state index is 12.4. The summed E-state index contributed by atoms with van der Waals surface area (Å²) in [6, 6.07) is 14.2. The summed E-state index contributed by atoms with van der Waals surface area (Å²) in [5.74, 6) is -0.235. The molecular weight excluding hydrogens is 324 g/mol. The number of nitrogens with one attached hydrogen (secondary N) is 2. The van der Waals surface area contributed by atoms with Crippen LogP contribution in [0.4, 0.5) is 11.4 Å². The zero-order chi connectivity index (χ0) is 17.3. The predicted molar refractivity (Wildman–Crippen MR) is 95.3 cm³/mol.